The first kappa shape index (κ1) is 15.3. The van der Waals surface area contributed by atoms with Gasteiger partial charge in [0.2, 0.25) is 5.91 Å². The minimum absolute atomic E-state index is 0.0457. The summed E-state index contributed by atoms with van der Waals surface area (Å²) >= 11 is 0. The SMILES string of the molecule is CCNCc1ccc(N2CCNC(=O)C2CC)c(C#N)c1. The van der Waals surface area contributed by atoms with E-state index in [1.54, 1.807) is 0 Å². The maximum Gasteiger partial charge on any atom is 0.242 e. The standard InChI is InChI=1S/C16H22N4O/c1-3-14-16(21)19-7-8-20(14)15-6-5-12(11-18-4-2)9-13(15)10-17/h5-6,9,14,18H,3-4,7-8,11H2,1-2H3,(H,19,21). The lowest BCUT2D eigenvalue weighted by Gasteiger charge is -2.36. The van der Waals surface area contributed by atoms with Crippen LogP contribution in [0.4, 0.5) is 5.69 Å². The molecule has 21 heavy (non-hydrogen) atoms. The fourth-order valence-corrected chi connectivity index (χ4v) is 2.71. The van der Waals surface area contributed by atoms with Gasteiger partial charge in [-0.1, -0.05) is 19.9 Å². The van der Waals surface area contributed by atoms with Crippen LogP contribution < -0.4 is 15.5 Å². The Morgan fingerprint density at radius 3 is 2.95 bits per heavy atom. The number of benzene rings is 1. The molecule has 1 aromatic carbocycles. The first-order valence-electron chi connectivity index (χ1n) is 7.49. The Hall–Kier alpha value is -2.06. The van der Waals surface area contributed by atoms with E-state index in [0.717, 1.165) is 37.3 Å². The van der Waals surface area contributed by atoms with Crippen molar-refractivity contribution in [3.63, 3.8) is 0 Å². The quantitative estimate of drug-likeness (QED) is 0.858. The molecule has 2 N–H and O–H groups in total. The van der Waals surface area contributed by atoms with Crippen LogP contribution in [0, 0.1) is 11.3 Å². The number of amides is 1. The van der Waals surface area contributed by atoms with Gasteiger partial charge in [0.15, 0.2) is 0 Å². The number of nitrogens with zero attached hydrogens (tertiary/aromatic N) is 2. The molecular formula is C16H22N4O. The highest BCUT2D eigenvalue weighted by Crippen LogP contribution is 2.25. The second kappa shape index (κ2) is 7.09. The average molecular weight is 286 g/mol. The van der Waals surface area contributed by atoms with Gasteiger partial charge in [-0.25, -0.2) is 0 Å². The minimum atomic E-state index is -0.189. The number of nitriles is 1. The first-order chi connectivity index (χ1) is 10.2. The Morgan fingerprint density at radius 2 is 2.29 bits per heavy atom. The molecule has 1 saturated heterocycles. The summed E-state index contributed by atoms with van der Waals surface area (Å²) in [6, 6.07) is 7.98. The van der Waals surface area contributed by atoms with Crippen LogP contribution in [0.1, 0.15) is 31.4 Å². The summed E-state index contributed by atoms with van der Waals surface area (Å²) in [5, 5.41) is 15.6. The number of hydrogen-bond acceptors (Lipinski definition) is 4. The summed E-state index contributed by atoms with van der Waals surface area (Å²) < 4.78 is 0. The van der Waals surface area contributed by atoms with E-state index in [2.05, 4.69) is 28.5 Å². The van der Waals surface area contributed by atoms with Gasteiger partial charge in [-0.05, 0) is 30.7 Å². The summed E-state index contributed by atoms with van der Waals surface area (Å²) in [5.74, 6) is 0.0457. The van der Waals surface area contributed by atoms with Crippen LogP contribution in [-0.2, 0) is 11.3 Å². The number of anilines is 1. The van der Waals surface area contributed by atoms with Crippen LogP contribution >= 0.6 is 0 Å². The van der Waals surface area contributed by atoms with E-state index in [1.165, 1.54) is 0 Å². The zero-order valence-electron chi connectivity index (χ0n) is 12.6. The van der Waals surface area contributed by atoms with E-state index in [4.69, 9.17) is 0 Å². The minimum Gasteiger partial charge on any atom is -0.357 e. The summed E-state index contributed by atoms with van der Waals surface area (Å²) in [6.45, 7) is 7.06. The fraction of sp³-hybridized carbons (Fsp3) is 0.500. The molecule has 0 spiro atoms. The molecule has 1 amide bonds. The third-order valence-corrected chi connectivity index (χ3v) is 3.79. The predicted molar refractivity (Wildman–Crippen MR) is 83.0 cm³/mol. The number of carbonyl (C=O) groups excluding carboxylic acids is 1. The lowest BCUT2D eigenvalue weighted by atomic mass is 10.0. The number of piperazine rings is 1. The summed E-state index contributed by atoms with van der Waals surface area (Å²) in [5.41, 5.74) is 2.59. The third kappa shape index (κ3) is 3.34. The monoisotopic (exact) mass is 286 g/mol. The number of carbonyl (C=O) groups is 1. The van der Waals surface area contributed by atoms with E-state index in [9.17, 15) is 10.1 Å². The molecule has 0 bridgehead atoms. The predicted octanol–water partition coefficient (Wildman–Crippen LogP) is 1.38. The summed E-state index contributed by atoms with van der Waals surface area (Å²) in [4.78, 5) is 14.0. The van der Waals surface area contributed by atoms with Gasteiger partial charge in [-0.2, -0.15) is 5.26 Å². The molecule has 0 saturated carbocycles. The van der Waals surface area contributed by atoms with E-state index in [-0.39, 0.29) is 11.9 Å². The Labute approximate surface area is 125 Å². The Morgan fingerprint density at radius 1 is 1.48 bits per heavy atom. The van der Waals surface area contributed by atoms with Crippen molar-refractivity contribution >= 4 is 11.6 Å². The molecule has 0 radical (unpaired) electrons. The molecule has 112 valence electrons. The number of nitrogens with one attached hydrogen (secondary N) is 2. The van der Waals surface area contributed by atoms with Gasteiger partial charge in [0.25, 0.3) is 0 Å². The van der Waals surface area contributed by atoms with Crippen molar-refractivity contribution in [1.29, 1.82) is 5.26 Å². The van der Waals surface area contributed by atoms with Gasteiger partial charge < -0.3 is 15.5 Å². The van der Waals surface area contributed by atoms with Gasteiger partial charge in [-0.15, -0.1) is 0 Å². The molecule has 1 atom stereocenters. The molecule has 1 aromatic rings. The topological polar surface area (TPSA) is 68.2 Å². The summed E-state index contributed by atoms with van der Waals surface area (Å²) in [7, 11) is 0. The lowest BCUT2D eigenvalue weighted by Crippen LogP contribution is -2.55. The lowest BCUT2D eigenvalue weighted by molar-refractivity contribution is -0.123. The second-order valence-corrected chi connectivity index (χ2v) is 5.15. The smallest absolute Gasteiger partial charge is 0.242 e. The van der Waals surface area contributed by atoms with Crippen LogP contribution in [0.2, 0.25) is 0 Å². The number of rotatable bonds is 5. The second-order valence-electron chi connectivity index (χ2n) is 5.15. The molecular weight excluding hydrogens is 264 g/mol. The van der Waals surface area contributed by atoms with E-state index in [0.29, 0.717) is 12.1 Å². The van der Waals surface area contributed by atoms with E-state index in [1.807, 2.05) is 25.1 Å². The van der Waals surface area contributed by atoms with Crippen LogP contribution in [0.5, 0.6) is 0 Å². The zero-order chi connectivity index (χ0) is 15.2. The van der Waals surface area contributed by atoms with E-state index < -0.39 is 0 Å². The van der Waals surface area contributed by atoms with Crippen molar-refractivity contribution in [2.45, 2.75) is 32.9 Å². The van der Waals surface area contributed by atoms with Crippen LogP contribution in [0.15, 0.2) is 18.2 Å². The van der Waals surface area contributed by atoms with Crippen LogP contribution in [0.25, 0.3) is 0 Å². The molecule has 2 rings (SSSR count). The fourth-order valence-electron chi connectivity index (χ4n) is 2.71. The van der Waals surface area contributed by atoms with Gasteiger partial charge >= 0.3 is 0 Å². The number of hydrogen-bond donors (Lipinski definition) is 2. The largest absolute Gasteiger partial charge is 0.357 e. The highest BCUT2D eigenvalue weighted by Gasteiger charge is 2.29. The first-order valence-corrected chi connectivity index (χ1v) is 7.49. The van der Waals surface area contributed by atoms with Crippen molar-refractivity contribution in [3.05, 3.63) is 29.3 Å². The van der Waals surface area contributed by atoms with Gasteiger partial charge in [0.1, 0.15) is 12.1 Å². The van der Waals surface area contributed by atoms with Gasteiger partial charge in [-0.3, -0.25) is 4.79 Å². The van der Waals surface area contributed by atoms with Crippen LogP contribution in [0.3, 0.4) is 0 Å². The maximum atomic E-state index is 12.0. The molecule has 1 unspecified atom stereocenters. The van der Waals surface area contributed by atoms with Gasteiger partial charge in [0.05, 0.1) is 11.3 Å². The maximum absolute atomic E-state index is 12.0. The highest BCUT2D eigenvalue weighted by atomic mass is 16.2. The van der Waals surface area contributed by atoms with E-state index >= 15 is 0 Å². The zero-order valence-corrected chi connectivity index (χ0v) is 12.6. The molecule has 1 aliphatic heterocycles. The normalized spacial score (nSPS) is 18.2. The average Bonchev–Trinajstić information content (AvgIpc) is 2.52. The Bertz CT molecular complexity index is 550. The van der Waals surface area contributed by atoms with Crippen LogP contribution in [-0.4, -0.2) is 31.6 Å². The van der Waals surface area contributed by atoms with Crippen molar-refractivity contribution in [3.8, 4) is 6.07 Å². The Kier molecular flexibility index (Phi) is 5.18. The molecule has 0 aromatic heterocycles. The molecule has 1 aliphatic rings. The summed E-state index contributed by atoms with van der Waals surface area (Å²) in [6.07, 6.45) is 0.732. The molecule has 5 heteroatoms. The van der Waals surface area contributed by atoms with Crippen molar-refractivity contribution in [2.75, 3.05) is 24.5 Å². The molecule has 1 heterocycles. The molecule has 1 fully saturated rings. The molecule has 0 aliphatic carbocycles. The Balaban J connectivity index is 2.30. The van der Waals surface area contributed by atoms with Gasteiger partial charge in [0, 0.05) is 19.6 Å². The third-order valence-electron chi connectivity index (χ3n) is 3.79. The van der Waals surface area contributed by atoms with Crippen molar-refractivity contribution in [2.24, 2.45) is 0 Å². The van der Waals surface area contributed by atoms with Crippen molar-refractivity contribution < 1.29 is 4.79 Å². The molecule has 5 nitrogen and oxygen atoms in total. The van der Waals surface area contributed by atoms with Crippen molar-refractivity contribution in [1.82, 2.24) is 10.6 Å². The highest BCUT2D eigenvalue weighted by molar-refractivity contribution is 5.87.